The van der Waals surface area contributed by atoms with Crippen LogP contribution in [-0.2, 0) is 11.3 Å². The Balaban J connectivity index is 1.51. The van der Waals surface area contributed by atoms with Gasteiger partial charge in [0.2, 0.25) is 0 Å². The van der Waals surface area contributed by atoms with Gasteiger partial charge in [0.15, 0.2) is 18.1 Å². The van der Waals surface area contributed by atoms with Crippen LogP contribution >= 0.6 is 0 Å². The third-order valence-electron chi connectivity index (χ3n) is 5.62. The number of carbonyl (C=O) groups excluding carboxylic acids is 1. The molecule has 3 rings (SSSR count). The third kappa shape index (κ3) is 6.97. The van der Waals surface area contributed by atoms with E-state index in [-0.39, 0.29) is 12.5 Å². The average molecular weight is 426 g/mol. The molecule has 0 aromatic heterocycles. The van der Waals surface area contributed by atoms with E-state index in [1.54, 1.807) is 0 Å². The van der Waals surface area contributed by atoms with Crippen molar-refractivity contribution in [1.29, 1.82) is 0 Å². The summed E-state index contributed by atoms with van der Waals surface area (Å²) in [6.45, 7) is 10.8. The van der Waals surface area contributed by atoms with Crippen LogP contribution in [0.15, 0.2) is 42.5 Å². The van der Waals surface area contributed by atoms with Crippen molar-refractivity contribution in [2.75, 3.05) is 38.2 Å². The van der Waals surface area contributed by atoms with Crippen LogP contribution in [0.1, 0.15) is 37.8 Å². The van der Waals surface area contributed by atoms with E-state index in [2.05, 4.69) is 22.5 Å². The van der Waals surface area contributed by atoms with Crippen LogP contribution in [0.3, 0.4) is 0 Å². The number of rotatable bonds is 11. The van der Waals surface area contributed by atoms with Crippen molar-refractivity contribution >= 4 is 11.6 Å². The Morgan fingerprint density at radius 2 is 1.90 bits per heavy atom. The molecule has 1 aliphatic rings. The van der Waals surface area contributed by atoms with Gasteiger partial charge in [0.25, 0.3) is 5.91 Å². The van der Waals surface area contributed by atoms with Gasteiger partial charge in [0, 0.05) is 24.8 Å². The number of likely N-dealkylation sites (tertiary alicyclic amines) is 1. The van der Waals surface area contributed by atoms with Gasteiger partial charge in [-0.3, -0.25) is 9.69 Å². The van der Waals surface area contributed by atoms with Gasteiger partial charge >= 0.3 is 0 Å². The fourth-order valence-electron chi connectivity index (χ4n) is 3.95. The van der Waals surface area contributed by atoms with Crippen molar-refractivity contribution in [3.05, 3.63) is 53.6 Å². The molecule has 31 heavy (non-hydrogen) atoms. The minimum absolute atomic E-state index is 0.0694. The number of hydrogen-bond acceptors (Lipinski definition) is 5. The molecule has 1 fully saturated rings. The molecule has 168 valence electrons. The molecule has 2 aromatic rings. The van der Waals surface area contributed by atoms with Crippen LogP contribution in [0.2, 0.25) is 0 Å². The molecule has 0 spiro atoms. The van der Waals surface area contributed by atoms with Crippen molar-refractivity contribution in [3.63, 3.8) is 0 Å². The molecule has 0 saturated carbocycles. The smallest absolute Gasteiger partial charge is 0.262 e. The molecule has 1 aliphatic heterocycles. The Morgan fingerprint density at radius 3 is 2.65 bits per heavy atom. The van der Waals surface area contributed by atoms with E-state index in [1.807, 2.05) is 56.3 Å². The summed E-state index contributed by atoms with van der Waals surface area (Å²) in [7, 11) is 0. The highest BCUT2D eigenvalue weighted by Gasteiger charge is 2.22. The van der Waals surface area contributed by atoms with Crippen molar-refractivity contribution in [1.82, 2.24) is 10.2 Å². The number of likely N-dealkylation sites (N-methyl/N-ethyl adjacent to an activating group) is 1. The molecule has 1 saturated heterocycles. The van der Waals surface area contributed by atoms with E-state index in [0.717, 1.165) is 36.4 Å². The van der Waals surface area contributed by atoms with Gasteiger partial charge in [0.05, 0.1) is 6.61 Å². The highest BCUT2D eigenvalue weighted by molar-refractivity contribution is 5.91. The van der Waals surface area contributed by atoms with Gasteiger partial charge < -0.3 is 20.1 Å². The van der Waals surface area contributed by atoms with Gasteiger partial charge in [-0.05, 0) is 69.6 Å². The summed E-state index contributed by atoms with van der Waals surface area (Å²) in [5.74, 6) is 1.05. The van der Waals surface area contributed by atoms with Gasteiger partial charge in [0.1, 0.15) is 0 Å². The Hall–Kier alpha value is -2.57. The van der Waals surface area contributed by atoms with Crippen LogP contribution in [0, 0.1) is 6.92 Å². The zero-order chi connectivity index (χ0) is 22.1. The summed E-state index contributed by atoms with van der Waals surface area (Å²) in [5, 5.41) is 6.42. The summed E-state index contributed by atoms with van der Waals surface area (Å²) < 4.78 is 11.5. The lowest BCUT2D eigenvalue weighted by atomic mass is 10.1. The molecule has 6 nitrogen and oxygen atoms in total. The predicted molar refractivity (Wildman–Crippen MR) is 125 cm³/mol. The summed E-state index contributed by atoms with van der Waals surface area (Å²) in [4.78, 5) is 14.8. The van der Waals surface area contributed by atoms with E-state index in [4.69, 9.17) is 9.47 Å². The minimum atomic E-state index is -0.200. The van der Waals surface area contributed by atoms with E-state index in [9.17, 15) is 4.79 Å². The molecule has 0 radical (unpaired) electrons. The zero-order valence-electron chi connectivity index (χ0n) is 18.9. The van der Waals surface area contributed by atoms with E-state index in [0.29, 0.717) is 24.1 Å². The maximum absolute atomic E-state index is 12.2. The molecule has 1 amide bonds. The van der Waals surface area contributed by atoms with E-state index >= 15 is 0 Å². The Morgan fingerprint density at radius 1 is 1.10 bits per heavy atom. The fraction of sp³-hybridized carbons (Fsp3) is 0.480. The van der Waals surface area contributed by atoms with E-state index < -0.39 is 0 Å². The molecule has 2 aromatic carbocycles. The standard InChI is InChI=1S/C25H35N3O3/c1-4-28-14-6-7-22(28)17-26-16-20-10-13-23(24(15-20)30-5-2)31-18-25(29)27-21-11-8-19(3)9-12-21/h8-13,15,22,26H,4-7,14,16-18H2,1-3H3,(H,27,29)/t22-/m1/s1. The first kappa shape index (κ1) is 23.1. The molecule has 6 heteroatoms. The lowest BCUT2D eigenvalue weighted by molar-refractivity contribution is -0.118. The minimum Gasteiger partial charge on any atom is -0.490 e. The van der Waals surface area contributed by atoms with Crippen molar-refractivity contribution in [2.24, 2.45) is 0 Å². The third-order valence-corrected chi connectivity index (χ3v) is 5.62. The molecular weight excluding hydrogens is 390 g/mol. The molecule has 0 aliphatic carbocycles. The molecule has 1 atom stereocenters. The number of carbonyl (C=O) groups is 1. The maximum Gasteiger partial charge on any atom is 0.262 e. The number of amides is 1. The molecule has 1 heterocycles. The Kier molecular flexibility index (Phi) is 8.74. The Labute approximate surface area is 185 Å². The molecule has 0 unspecified atom stereocenters. The van der Waals surface area contributed by atoms with Gasteiger partial charge in [-0.25, -0.2) is 0 Å². The second kappa shape index (κ2) is 11.7. The highest BCUT2D eigenvalue weighted by atomic mass is 16.5. The first-order valence-electron chi connectivity index (χ1n) is 11.3. The average Bonchev–Trinajstić information content (AvgIpc) is 3.22. The highest BCUT2D eigenvalue weighted by Crippen LogP contribution is 2.28. The SMILES string of the molecule is CCOc1cc(CNC[C@H]2CCCN2CC)ccc1OCC(=O)Nc1ccc(C)cc1. The predicted octanol–water partition coefficient (Wildman–Crippen LogP) is 3.99. The summed E-state index contributed by atoms with van der Waals surface area (Å²) >= 11 is 0. The van der Waals surface area contributed by atoms with Crippen LogP contribution in [0.5, 0.6) is 11.5 Å². The largest absolute Gasteiger partial charge is 0.490 e. The molecular formula is C25H35N3O3. The Bertz CT molecular complexity index is 838. The van der Waals surface area contributed by atoms with Crippen LogP contribution in [0.4, 0.5) is 5.69 Å². The van der Waals surface area contributed by atoms with Gasteiger partial charge in [-0.1, -0.05) is 30.7 Å². The summed E-state index contributed by atoms with van der Waals surface area (Å²) in [6, 6.07) is 14.2. The number of anilines is 1. The quantitative estimate of drug-likeness (QED) is 0.570. The normalized spacial score (nSPS) is 16.3. The van der Waals surface area contributed by atoms with Crippen LogP contribution < -0.4 is 20.1 Å². The number of nitrogens with one attached hydrogen (secondary N) is 2. The van der Waals surface area contributed by atoms with Crippen molar-refractivity contribution in [2.45, 2.75) is 46.2 Å². The lowest BCUT2D eigenvalue weighted by Crippen LogP contribution is -2.37. The number of benzene rings is 2. The van der Waals surface area contributed by atoms with Crippen LogP contribution in [0.25, 0.3) is 0 Å². The lowest BCUT2D eigenvalue weighted by Gasteiger charge is -2.23. The second-order valence-electron chi connectivity index (χ2n) is 7.97. The monoisotopic (exact) mass is 425 g/mol. The van der Waals surface area contributed by atoms with Crippen LogP contribution in [-0.4, -0.2) is 49.7 Å². The first-order valence-corrected chi connectivity index (χ1v) is 11.3. The number of aryl methyl sites for hydroxylation is 1. The topological polar surface area (TPSA) is 62.8 Å². The number of ether oxygens (including phenoxy) is 2. The second-order valence-corrected chi connectivity index (χ2v) is 7.97. The first-order chi connectivity index (χ1) is 15.1. The maximum atomic E-state index is 12.2. The number of nitrogens with zero attached hydrogens (tertiary/aromatic N) is 1. The molecule has 2 N–H and O–H groups in total. The van der Waals surface area contributed by atoms with Crippen molar-refractivity contribution in [3.8, 4) is 11.5 Å². The fourth-order valence-corrected chi connectivity index (χ4v) is 3.95. The van der Waals surface area contributed by atoms with Crippen molar-refractivity contribution < 1.29 is 14.3 Å². The van der Waals surface area contributed by atoms with Gasteiger partial charge in [-0.15, -0.1) is 0 Å². The van der Waals surface area contributed by atoms with E-state index in [1.165, 1.54) is 19.4 Å². The zero-order valence-corrected chi connectivity index (χ0v) is 18.9. The summed E-state index contributed by atoms with van der Waals surface area (Å²) in [6.07, 6.45) is 2.56. The van der Waals surface area contributed by atoms with Gasteiger partial charge in [-0.2, -0.15) is 0 Å². The number of hydrogen-bond donors (Lipinski definition) is 2. The summed E-state index contributed by atoms with van der Waals surface area (Å²) in [5.41, 5.74) is 3.05. The molecule has 0 bridgehead atoms.